The van der Waals surface area contributed by atoms with Crippen molar-refractivity contribution in [2.45, 2.75) is 13.0 Å². The van der Waals surface area contributed by atoms with Crippen molar-refractivity contribution in [3.63, 3.8) is 0 Å². The average Bonchev–Trinajstić information content (AvgIpc) is 2.43. The minimum Gasteiger partial charge on any atom is -0.396 e. The number of benzene rings is 1. The van der Waals surface area contributed by atoms with Gasteiger partial charge in [0, 0.05) is 25.2 Å². The van der Waals surface area contributed by atoms with Crippen molar-refractivity contribution in [1.82, 2.24) is 4.90 Å². The van der Waals surface area contributed by atoms with Crippen LogP contribution >= 0.6 is 15.9 Å². The number of carbonyl (C=O) groups is 1. The van der Waals surface area contributed by atoms with Crippen LogP contribution < -0.4 is 5.73 Å². The first-order valence-electron chi connectivity index (χ1n) is 6.45. The molecule has 1 aromatic carbocycles. The molecular formula is C14H20BrFN2O3. The highest BCUT2D eigenvalue weighted by molar-refractivity contribution is 9.10. The summed E-state index contributed by atoms with van der Waals surface area (Å²) < 4.78 is 23.9. The number of nitrogens with zero attached hydrogens (tertiary/aromatic N) is 1. The molecule has 0 spiro atoms. The van der Waals surface area contributed by atoms with Crippen LogP contribution in [0.4, 0.5) is 10.1 Å². The minimum absolute atomic E-state index is 0.0624. The van der Waals surface area contributed by atoms with Gasteiger partial charge in [-0.25, -0.2) is 4.39 Å². The molecule has 0 aliphatic heterocycles. The molecule has 1 amide bonds. The summed E-state index contributed by atoms with van der Waals surface area (Å²) >= 11 is 3.20. The highest BCUT2D eigenvalue weighted by atomic mass is 79.9. The number of amides is 1. The van der Waals surface area contributed by atoms with Gasteiger partial charge in [0.05, 0.1) is 30.5 Å². The van der Waals surface area contributed by atoms with Crippen LogP contribution in [0.5, 0.6) is 0 Å². The Hall–Kier alpha value is -1.18. The van der Waals surface area contributed by atoms with E-state index in [1.807, 2.05) is 6.92 Å². The second-order valence-corrected chi connectivity index (χ2v) is 5.50. The SMILES string of the molecule is COCCN(C(=O)c1cc(N)c(F)cc1Br)C(C)COC. The molecule has 0 saturated carbocycles. The number of hydrogen-bond acceptors (Lipinski definition) is 4. The Morgan fingerprint density at radius 1 is 1.43 bits per heavy atom. The normalized spacial score (nSPS) is 12.2. The molecule has 1 unspecified atom stereocenters. The summed E-state index contributed by atoms with van der Waals surface area (Å²) in [6.07, 6.45) is 0. The van der Waals surface area contributed by atoms with Gasteiger partial charge in [-0.3, -0.25) is 4.79 Å². The fourth-order valence-electron chi connectivity index (χ4n) is 1.93. The van der Waals surface area contributed by atoms with Gasteiger partial charge < -0.3 is 20.1 Å². The lowest BCUT2D eigenvalue weighted by atomic mass is 10.1. The number of rotatable bonds is 7. The van der Waals surface area contributed by atoms with Gasteiger partial charge in [0.25, 0.3) is 5.91 Å². The Bertz CT molecular complexity index is 499. The van der Waals surface area contributed by atoms with Crippen molar-refractivity contribution in [3.8, 4) is 0 Å². The lowest BCUT2D eigenvalue weighted by Gasteiger charge is -2.29. The Balaban J connectivity index is 3.06. The Labute approximate surface area is 132 Å². The predicted octanol–water partition coefficient (Wildman–Crippen LogP) is 2.29. The number of carbonyl (C=O) groups excluding carboxylic acids is 1. The summed E-state index contributed by atoms with van der Waals surface area (Å²) in [6.45, 7) is 3.07. The third kappa shape index (κ3) is 4.66. The van der Waals surface area contributed by atoms with E-state index in [1.165, 1.54) is 12.1 Å². The van der Waals surface area contributed by atoms with Crippen molar-refractivity contribution >= 4 is 27.5 Å². The number of nitrogen functional groups attached to an aromatic ring is 1. The predicted molar refractivity (Wildman–Crippen MR) is 82.8 cm³/mol. The molecule has 118 valence electrons. The molecule has 0 saturated heterocycles. The number of methoxy groups -OCH3 is 2. The topological polar surface area (TPSA) is 64.8 Å². The third-order valence-electron chi connectivity index (χ3n) is 3.05. The first-order chi connectivity index (χ1) is 9.92. The van der Waals surface area contributed by atoms with Gasteiger partial charge in [0.2, 0.25) is 0 Å². The van der Waals surface area contributed by atoms with Crippen LogP contribution in [0.1, 0.15) is 17.3 Å². The Morgan fingerprint density at radius 2 is 2.10 bits per heavy atom. The van der Waals surface area contributed by atoms with Gasteiger partial charge in [-0.05, 0) is 35.0 Å². The molecule has 0 bridgehead atoms. The molecule has 0 fully saturated rings. The zero-order chi connectivity index (χ0) is 16.0. The molecule has 0 heterocycles. The maximum atomic E-state index is 13.4. The van der Waals surface area contributed by atoms with Crippen molar-refractivity contribution in [2.24, 2.45) is 0 Å². The van der Waals surface area contributed by atoms with Crippen molar-refractivity contribution in [3.05, 3.63) is 28.0 Å². The average molecular weight is 363 g/mol. The molecule has 7 heteroatoms. The first-order valence-corrected chi connectivity index (χ1v) is 7.25. The van der Waals surface area contributed by atoms with Gasteiger partial charge in [-0.15, -0.1) is 0 Å². The molecule has 21 heavy (non-hydrogen) atoms. The molecule has 1 rings (SSSR count). The van der Waals surface area contributed by atoms with E-state index < -0.39 is 5.82 Å². The number of anilines is 1. The minimum atomic E-state index is -0.563. The van der Waals surface area contributed by atoms with E-state index in [1.54, 1.807) is 19.1 Å². The van der Waals surface area contributed by atoms with E-state index in [4.69, 9.17) is 15.2 Å². The lowest BCUT2D eigenvalue weighted by molar-refractivity contribution is 0.0478. The second-order valence-electron chi connectivity index (χ2n) is 4.65. The molecule has 0 aromatic heterocycles. The molecule has 0 radical (unpaired) electrons. The number of nitrogens with two attached hydrogens (primary N) is 1. The second kappa shape index (κ2) is 8.31. The van der Waals surface area contributed by atoms with Gasteiger partial charge >= 0.3 is 0 Å². The fourth-order valence-corrected chi connectivity index (χ4v) is 2.41. The lowest BCUT2D eigenvalue weighted by Crippen LogP contribution is -2.43. The Kier molecular flexibility index (Phi) is 7.07. The fraction of sp³-hybridized carbons (Fsp3) is 0.500. The summed E-state index contributed by atoms with van der Waals surface area (Å²) in [7, 11) is 3.14. The molecule has 0 aliphatic rings. The molecule has 2 N–H and O–H groups in total. The highest BCUT2D eigenvalue weighted by Gasteiger charge is 2.24. The van der Waals surface area contributed by atoms with E-state index in [2.05, 4.69) is 15.9 Å². The highest BCUT2D eigenvalue weighted by Crippen LogP contribution is 2.24. The molecule has 1 aromatic rings. The number of halogens is 2. The van der Waals surface area contributed by atoms with Crippen molar-refractivity contribution in [2.75, 3.05) is 39.7 Å². The van der Waals surface area contributed by atoms with Crippen LogP contribution in [0.25, 0.3) is 0 Å². The molecule has 5 nitrogen and oxygen atoms in total. The molecular weight excluding hydrogens is 343 g/mol. The van der Waals surface area contributed by atoms with E-state index in [0.717, 1.165) is 0 Å². The van der Waals surface area contributed by atoms with Gasteiger partial charge in [-0.1, -0.05) is 0 Å². The van der Waals surface area contributed by atoms with Crippen LogP contribution in [-0.4, -0.2) is 50.8 Å². The van der Waals surface area contributed by atoms with Crippen molar-refractivity contribution in [1.29, 1.82) is 0 Å². The third-order valence-corrected chi connectivity index (χ3v) is 3.71. The maximum Gasteiger partial charge on any atom is 0.255 e. The summed E-state index contributed by atoms with van der Waals surface area (Å²) in [5.74, 6) is -0.818. The van der Waals surface area contributed by atoms with E-state index in [9.17, 15) is 9.18 Å². The standard InChI is InChI=1S/C14H20BrFN2O3/c1-9(8-21-3)18(4-5-20-2)14(19)10-6-13(17)12(16)7-11(10)15/h6-7,9H,4-5,8,17H2,1-3H3. The van der Waals surface area contributed by atoms with Gasteiger partial charge in [-0.2, -0.15) is 0 Å². The van der Waals surface area contributed by atoms with E-state index in [0.29, 0.717) is 29.8 Å². The zero-order valence-electron chi connectivity index (χ0n) is 12.4. The van der Waals surface area contributed by atoms with Crippen molar-refractivity contribution < 1.29 is 18.7 Å². The van der Waals surface area contributed by atoms with Gasteiger partial charge in [0.1, 0.15) is 5.82 Å². The summed E-state index contributed by atoms with van der Waals surface area (Å²) in [5.41, 5.74) is 5.80. The molecule has 0 aliphatic carbocycles. The van der Waals surface area contributed by atoms with Crippen LogP contribution in [-0.2, 0) is 9.47 Å². The summed E-state index contributed by atoms with van der Waals surface area (Å²) in [6, 6.07) is 2.38. The number of hydrogen-bond donors (Lipinski definition) is 1. The van der Waals surface area contributed by atoms with Crippen LogP contribution in [0.2, 0.25) is 0 Å². The monoisotopic (exact) mass is 362 g/mol. The smallest absolute Gasteiger partial charge is 0.255 e. The zero-order valence-corrected chi connectivity index (χ0v) is 13.9. The largest absolute Gasteiger partial charge is 0.396 e. The van der Waals surface area contributed by atoms with Gasteiger partial charge in [0.15, 0.2) is 0 Å². The molecule has 1 atom stereocenters. The first kappa shape index (κ1) is 17.9. The van der Waals surface area contributed by atoms with E-state index >= 15 is 0 Å². The number of ether oxygens (including phenoxy) is 2. The van der Waals surface area contributed by atoms with Crippen LogP contribution in [0.3, 0.4) is 0 Å². The Morgan fingerprint density at radius 3 is 2.67 bits per heavy atom. The van der Waals surface area contributed by atoms with Crippen LogP contribution in [0, 0.1) is 5.82 Å². The quantitative estimate of drug-likeness (QED) is 0.755. The van der Waals surface area contributed by atoms with Crippen LogP contribution in [0.15, 0.2) is 16.6 Å². The summed E-state index contributed by atoms with van der Waals surface area (Å²) in [4.78, 5) is 14.3. The summed E-state index contributed by atoms with van der Waals surface area (Å²) in [5, 5.41) is 0. The van der Waals surface area contributed by atoms with E-state index in [-0.39, 0.29) is 17.6 Å². The maximum absolute atomic E-state index is 13.4.